The molecule has 14 heteroatoms. The first kappa shape index (κ1) is 26.6. The molecule has 12 nitrogen and oxygen atoms in total. The number of nitrogens with zero attached hydrogens (tertiary/aromatic N) is 7. The number of aldehydes is 1. The monoisotopic (exact) mass is 551 g/mol. The number of amides is 1. The maximum atomic E-state index is 14.3. The number of carboxylic acid groups (broad SMARTS) is 1. The maximum absolute atomic E-state index is 14.3. The number of hydrogen-bond acceptors (Lipinski definition) is 7. The maximum Gasteiger partial charge on any atom is 0.377 e. The Balaban J connectivity index is 1.61. The molecule has 5 rings (SSSR count). The molecule has 1 N–H and O–H groups in total. The number of carboxylic acids is 1. The Hall–Kier alpha value is -5.01. The van der Waals surface area contributed by atoms with Crippen LogP contribution in [-0.2, 0) is 0 Å². The lowest BCUT2D eigenvalue weighted by Crippen LogP contribution is -2.47. The number of benzene rings is 2. The van der Waals surface area contributed by atoms with Crippen LogP contribution >= 0.6 is 0 Å². The van der Waals surface area contributed by atoms with E-state index in [1.54, 1.807) is 6.92 Å². The lowest BCUT2D eigenvalue weighted by Gasteiger charge is -2.34. The molecule has 1 fully saturated rings. The topological polar surface area (TPSA) is 145 Å². The van der Waals surface area contributed by atoms with Gasteiger partial charge in [0, 0.05) is 17.4 Å². The summed E-state index contributed by atoms with van der Waals surface area (Å²) < 4.78 is 30.7. The van der Waals surface area contributed by atoms with E-state index in [2.05, 4.69) is 15.5 Å². The molecular weight excluding hydrogens is 528 g/mol. The van der Waals surface area contributed by atoms with Crippen LogP contribution in [0.2, 0.25) is 0 Å². The summed E-state index contributed by atoms with van der Waals surface area (Å²) in [7, 11) is 0. The van der Waals surface area contributed by atoms with Crippen molar-refractivity contribution in [2.45, 2.75) is 45.1 Å². The highest BCUT2D eigenvalue weighted by Gasteiger charge is 2.32. The molecule has 1 aliphatic carbocycles. The summed E-state index contributed by atoms with van der Waals surface area (Å²) in [6.07, 6.45) is 4.21. The number of rotatable bonds is 6. The molecule has 0 atom stereocenters. The highest BCUT2D eigenvalue weighted by atomic mass is 19.1. The molecule has 1 amide bonds. The van der Waals surface area contributed by atoms with Gasteiger partial charge in [-0.2, -0.15) is 9.78 Å². The molecule has 1 saturated carbocycles. The van der Waals surface area contributed by atoms with Crippen molar-refractivity contribution in [1.82, 2.24) is 29.6 Å². The first-order valence-electron chi connectivity index (χ1n) is 12.4. The molecule has 0 aliphatic heterocycles. The van der Waals surface area contributed by atoms with Crippen molar-refractivity contribution < 1.29 is 28.3 Å². The molecule has 2 heterocycles. The normalized spacial score (nSPS) is 13.8. The van der Waals surface area contributed by atoms with Crippen molar-refractivity contribution in [3.63, 3.8) is 0 Å². The van der Waals surface area contributed by atoms with Crippen LogP contribution in [0.5, 0.6) is 0 Å². The van der Waals surface area contributed by atoms with Gasteiger partial charge in [0.25, 0.3) is 0 Å². The summed E-state index contributed by atoms with van der Waals surface area (Å²) in [4.78, 5) is 51.6. The van der Waals surface area contributed by atoms with E-state index in [-0.39, 0.29) is 22.6 Å². The number of hydrogen-bond donors (Lipinski definition) is 1. The molecular formula is C26H23F2N7O5. The van der Waals surface area contributed by atoms with Crippen LogP contribution in [-0.4, -0.2) is 59.0 Å². The van der Waals surface area contributed by atoms with Crippen molar-refractivity contribution in [3.05, 3.63) is 81.5 Å². The minimum atomic E-state index is -1.31. The molecule has 1 aliphatic rings. The second-order valence-electron chi connectivity index (χ2n) is 9.35. The zero-order valence-electron chi connectivity index (χ0n) is 21.2. The summed E-state index contributed by atoms with van der Waals surface area (Å²) >= 11 is 0. The number of anilines is 1. The summed E-state index contributed by atoms with van der Waals surface area (Å²) in [5, 5.41) is 21.3. The van der Waals surface area contributed by atoms with Gasteiger partial charge in [0.05, 0.1) is 11.3 Å². The van der Waals surface area contributed by atoms with Gasteiger partial charge >= 0.3 is 17.7 Å². The van der Waals surface area contributed by atoms with Gasteiger partial charge in [0.2, 0.25) is 0 Å². The minimum absolute atomic E-state index is 0.116. The average molecular weight is 552 g/mol. The highest BCUT2D eigenvalue weighted by Crippen LogP contribution is 2.31. The van der Waals surface area contributed by atoms with Crippen molar-refractivity contribution in [1.29, 1.82) is 0 Å². The van der Waals surface area contributed by atoms with Gasteiger partial charge in [-0.15, -0.1) is 4.68 Å². The van der Waals surface area contributed by atoms with E-state index in [0.29, 0.717) is 34.2 Å². The Kier molecular flexibility index (Phi) is 7.07. The minimum Gasteiger partial charge on any atom is -0.478 e. The van der Waals surface area contributed by atoms with Gasteiger partial charge in [-0.3, -0.25) is 9.69 Å². The number of carbonyl (C=O) groups excluding carboxylic acids is 2. The molecule has 2 aromatic carbocycles. The summed E-state index contributed by atoms with van der Waals surface area (Å²) in [5.41, 5.74) is -1.23. The number of aromatic nitrogens is 6. The highest BCUT2D eigenvalue weighted by molar-refractivity contribution is 5.98. The number of carbonyl (C=O) groups is 3. The van der Waals surface area contributed by atoms with Crippen LogP contribution in [0.15, 0.2) is 47.3 Å². The van der Waals surface area contributed by atoms with Crippen LogP contribution in [0.1, 0.15) is 58.6 Å². The first-order chi connectivity index (χ1) is 19.2. The number of aromatic carboxylic acids is 1. The summed E-state index contributed by atoms with van der Waals surface area (Å²) in [6, 6.07) is 7.35. The largest absolute Gasteiger partial charge is 0.478 e. The number of tetrazole rings is 1. The lowest BCUT2D eigenvalue weighted by atomic mass is 9.93. The summed E-state index contributed by atoms with van der Waals surface area (Å²) in [5.74, 6) is -3.45. The van der Waals surface area contributed by atoms with Crippen LogP contribution in [0.25, 0.3) is 11.4 Å². The van der Waals surface area contributed by atoms with E-state index in [0.717, 1.165) is 37.5 Å². The smallest absolute Gasteiger partial charge is 0.377 e. The molecule has 0 radical (unpaired) electrons. The standard InChI is InChI=1S/C26H23F2N7O5/c1-15-12-16(14-36)29-33(15)22-11-10-18(13-19(22)24(37)38)32(17-6-3-2-4-7-17)25(39)35-26(40)34(30-31-35)23-20(27)8-5-9-21(23)28/h5,8-14,17H,2-4,6-7H2,1H3,(H,37,38). The quantitative estimate of drug-likeness (QED) is 0.283. The first-order valence-corrected chi connectivity index (χ1v) is 12.4. The third kappa shape index (κ3) is 4.67. The van der Waals surface area contributed by atoms with Crippen LogP contribution in [0, 0.1) is 18.6 Å². The Morgan fingerprint density at radius 2 is 1.73 bits per heavy atom. The van der Waals surface area contributed by atoms with Crippen molar-refractivity contribution in [2.75, 3.05) is 4.90 Å². The zero-order valence-corrected chi connectivity index (χ0v) is 21.2. The Bertz CT molecular complexity index is 1670. The second-order valence-corrected chi connectivity index (χ2v) is 9.35. The molecule has 4 aromatic rings. The molecule has 0 spiro atoms. The zero-order chi connectivity index (χ0) is 28.6. The fourth-order valence-electron chi connectivity index (χ4n) is 4.95. The lowest BCUT2D eigenvalue weighted by molar-refractivity contribution is 0.0696. The van der Waals surface area contributed by atoms with Gasteiger partial charge < -0.3 is 5.11 Å². The number of para-hydroxylation sites is 1. The fourth-order valence-corrected chi connectivity index (χ4v) is 4.95. The Morgan fingerprint density at radius 1 is 1.02 bits per heavy atom. The fraction of sp³-hybridized carbons (Fsp3) is 0.269. The number of aryl methyl sites for hydroxylation is 1. The third-order valence-corrected chi connectivity index (χ3v) is 6.80. The van der Waals surface area contributed by atoms with E-state index in [1.807, 2.05) is 0 Å². The predicted octanol–water partition coefficient (Wildman–Crippen LogP) is 3.52. The summed E-state index contributed by atoms with van der Waals surface area (Å²) in [6.45, 7) is 1.66. The average Bonchev–Trinajstić information content (AvgIpc) is 3.51. The van der Waals surface area contributed by atoms with Gasteiger partial charge in [0.1, 0.15) is 11.4 Å². The van der Waals surface area contributed by atoms with Gasteiger partial charge in [0.15, 0.2) is 17.9 Å². The Morgan fingerprint density at radius 3 is 2.35 bits per heavy atom. The third-order valence-electron chi connectivity index (χ3n) is 6.80. The second kappa shape index (κ2) is 10.6. The predicted molar refractivity (Wildman–Crippen MR) is 136 cm³/mol. The van der Waals surface area contributed by atoms with E-state index in [4.69, 9.17) is 0 Å². The van der Waals surface area contributed by atoms with E-state index >= 15 is 0 Å². The van der Waals surface area contributed by atoms with E-state index in [9.17, 15) is 33.1 Å². The van der Waals surface area contributed by atoms with Crippen LogP contribution in [0.3, 0.4) is 0 Å². The molecule has 2 aromatic heterocycles. The number of halogens is 2. The molecule has 206 valence electrons. The van der Waals surface area contributed by atoms with Crippen LogP contribution < -0.4 is 10.6 Å². The van der Waals surface area contributed by atoms with Gasteiger partial charge in [-0.05, 0) is 66.6 Å². The van der Waals surface area contributed by atoms with E-state index in [1.165, 1.54) is 33.8 Å². The molecule has 0 saturated heterocycles. The van der Waals surface area contributed by atoms with Gasteiger partial charge in [-0.25, -0.2) is 27.8 Å². The molecule has 0 bridgehead atoms. The van der Waals surface area contributed by atoms with Crippen molar-refractivity contribution in [3.8, 4) is 11.4 Å². The van der Waals surface area contributed by atoms with Crippen LogP contribution in [0.4, 0.5) is 19.3 Å². The SMILES string of the molecule is Cc1cc(C=O)nn1-c1ccc(N(C(=O)n2nnn(-c3c(F)cccc3F)c2=O)C2CCCCC2)cc1C(=O)O. The molecule has 0 unspecified atom stereocenters. The van der Waals surface area contributed by atoms with Gasteiger partial charge in [-0.1, -0.05) is 25.3 Å². The Labute approximate surface area is 225 Å². The van der Waals surface area contributed by atoms with E-state index < -0.39 is 41.1 Å². The molecule has 40 heavy (non-hydrogen) atoms. The van der Waals surface area contributed by atoms with Crippen molar-refractivity contribution in [2.24, 2.45) is 0 Å². The van der Waals surface area contributed by atoms with Crippen molar-refractivity contribution >= 4 is 24.0 Å².